The lowest BCUT2D eigenvalue weighted by Gasteiger charge is -2.26. The van der Waals surface area contributed by atoms with Crippen molar-refractivity contribution in [3.63, 3.8) is 0 Å². The number of ether oxygens (including phenoxy) is 2. The van der Waals surface area contributed by atoms with Gasteiger partial charge >= 0.3 is 0 Å². The number of hydrogen-bond donors (Lipinski definition) is 0. The smallest absolute Gasteiger partial charge is 0.141 e. The lowest BCUT2D eigenvalue weighted by atomic mass is 10.1. The van der Waals surface area contributed by atoms with E-state index in [9.17, 15) is 0 Å². The molecule has 22 heavy (non-hydrogen) atoms. The van der Waals surface area contributed by atoms with Crippen molar-refractivity contribution in [2.75, 3.05) is 39.5 Å². The molecule has 0 N–H and O–H groups in total. The molecule has 1 fully saturated rings. The van der Waals surface area contributed by atoms with Crippen molar-refractivity contribution < 1.29 is 9.47 Å². The van der Waals surface area contributed by atoms with Gasteiger partial charge in [-0.05, 0) is 37.4 Å². The molecule has 0 amide bonds. The van der Waals surface area contributed by atoms with Crippen LogP contribution >= 0.6 is 24.0 Å². The van der Waals surface area contributed by atoms with Gasteiger partial charge in [0.1, 0.15) is 5.75 Å². The zero-order valence-corrected chi connectivity index (χ0v) is 14.5. The van der Waals surface area contributed by atoms with Gasteiger partial charge in [0.25, 0.3) is 0 Å². The van der Waals surface area contributed by atoms with Crippen molar-refractivity contribution in [2.24, 2.45) is 0 Å². The Morgan fingerprint density at radius 2 is 2.05 bits per heavy atom. The minimum absolute atomic E-state index is 0. The molecule has 1 aliphatic rings. The number of benzene rings is 1. The van der Waals surface area contributed by atoms with Gasteiger partial charge in [-0.1, -0.05) is 29.8 Å². The molecule has 0 radical (unpaired) electrons. The van der Waals surface area contributed by atoms with Crippen molar-refractivity contribution in [1.82, 2.24) is 4.90 Å². The summed E-state index contributed by atoms with van der Waals surface area (Å²) in [6.07, 6.45) is 4.83. The van der Waals surface area contributed by atoms with Crippen LogP contribution in [0.25, 0.3) is 0 Å². The standard InChI is InChI=1S/C17H24ClNO2.ClH/c1-2-6-15-7-5-8-16(18)17(15)21-12-4-3-9-19-10-13-20-14-11-19;/h2,5,7-8H,1,3-4,6,9-14H2;1H. The van der Waals surface area contributed by atoms with Crippen molar-refractivity contribution in [3.05, 3.63) is 41.4 Å². The Morgan fingerprint density at radius 1 is 1.27 bits per heavy atom. The van der Waals surface area contributed by atoms with Crippen LogP contribution in [-0.2, 0) is 11.2 Å². The highest BCUT2D eigenvalue weighted by Gasteiger charge is 2.10. The second kappa shape index (κ2) is 10.9. The van der Waals surface area contributed by atoms with Crippen LogP contribution in [-0.4, -0.2) is 44.4 Å². The van der Waals surface area contributed by atoms with Crippen LogP contribution in [0.5, 0.6) is 5.75 Å². The van der Waals surface area contributed by atoms with E-state index < -0.39 is 0 Å². The second-order valence-corrected chi connectivity index (χ2v) is 5.64. The fourth-order valence-electron chi connectivity index (χ4n) is 2.47. The summed E-state index contributed by atoms with van der Waals surface area (Å²) in [7, 11) is 0. The second-order valence-electron chi connectivity index (χ2n) is 5.23. The third-order valence-corrected chi connectivity index (χ3v) is 3.93. The van der Waals surface area contributed by atoms with E-state index in [2.05, 4.69) is 11.5 Å². The van der Waals surface area contributed by atoms with Crippen LogP contribution in [0.15, 0.2) is 30.9 Å². The molecule has 0 spiro atoms. The van der Waals surface area contributed by atoms with Gasteiger partial charge in [-0.15, -0.1) is 19.0 Å². The molecule has 1 aliphatic heterocycles. The predicted octanol–water partition coefficient (Wildman–Crippen LogP) is 3.98. The molecule has 0 bridgehead atoms. The fraction of sp³-hybridized carbons (Fsp3) is 0.529. The van der Waals surface area contributed by atoms with Gasteiger partial charge in [0.15, 0.2) is 0 Å². The fourth-order valence-corrected chi connectivity index (χ4v) is 2.72. The van der Waals surface area contributed by atoms with Gasteiger partial charge in [-0.3, -0.25) is 4.90 Å². The van der Waals surface area contributed by atoms with Crippen LogP contribution in [0.2, 0.25) is 5.02 Å². The SMILES string of the molecule is C=CCc1cccc(Cl)c1OCCCCN1CCOCC1.Cl. The molecule has 1 aromatic rings. The molecule has 0 unspecified atom stereocenters. The number of unbranched alkanes of at least 4 members (excludes halogenated alkanes) is 1. The van der Waals surface area contributed by atoms with Crippen molar-refractivity contribution in [1.29, 1.82) is 0 Å². The average Bonchev–Trinajstić information content (AvgIpc) is 2.51. The van der Waals surface area contributed by atoms with Crippen molar-refractivity contribution >= 4 is 24.0 Å². The first-order valence-corrected chi connectivity index (χ1v) is 8.00. The normalized spacial score (nSPS) is 15.1. The minimum atomic E-state index is 0. The van der Waals surface area contributed by atoms with E-state index in [0.717, 1.165) is 63.4 Å². The first-order valence-electron chi connectivity index (χ1n) is 7.62. The van der Waals surface area contributed by atoms with Crippen LogP contribution < -0.4 is 4.74 Å². The first-order chi connectivity index (χ1) is 10.3. The highest BCUT2D eigenvalue weighted by atomic mass is 35.5. The topological polar surface area (TPSA) is 21.7 Å². The molecule has 0 saturated carbocycles. The number of rotatable bonds is 8. The van der Waals surface area contributed by atoms with E-state index >= 15 is 0 Å². The number of halogens is 2. The van der Waals surface area contributed by atoms with Gasteiger partial charge in [0.05, 0.1) is 24.8 Å². The van der Waals surface area contributed by atoms with E-state index in [1.54, 1.807) is 0 Å². The lowest BCUT2D eigenvalue weighted by molar-refractivity contribution is 0.0368. The summed E-state index contributed by atoms with van der Waals surface area (Å²) in [5, 5.41) is 0.683. The highest BCUT2D eigenvalue weighted by Crippen LogP contribution is 2.29. The number of hydrogen-bond acceptors (Lipinski definition) is 3. The van der Waals surface area contributed by atoms with Crippen LogP contribution in [0.3, 0.4) is 0 Å². The number of allylic oxidation sites excluding steroid dienone is 1. The summed E-state index contributed by atoms with van der Waals surface area (Å²) >= 11 is 6.22. The van der Waals surface area contributed by atoms with E-state index in [4.69, 9.17) is 21.1 Å². The maximum atomic E-state index is 6.22. The molecule has 1 saturated heterocycles. The Labute approximate surface area is 144 Å². The molecule has 5 heteroatoms. The van der Waals surface area contributed by atoms with Crippen molar-refractivity contribution in [2.45, 2.75) is 19.3 Å². The van der Waals surface area contributed by atoms with Gasteiger partial charge < -0.3 is 9.47 Å². The van der Waals surface area contributed by atoms with Gasteiger partial charge in [0, 0.05) is 13.1 Å². The zero-order chi connectivity index (χ0) is 14.9. The lowest BCUT2D eigenvalue weighted by Crippen LogP contribution is -2.36. The van der Waals surface area contributed by atoms with E-state index in [1.165, 1.54) is 0 Å². The molecular weight excluding hydrogens is 321 g/mol. The largest absolute Gasteiger partial charge is 0.492 e. The third-order valence-electron chi connectivity index (χ3n) is 3.63. The molecule has 0 atom stereocenters. The summed E-state index contributed by atoms with van der Waals surface area (Å²) in [6, 6.07) is 5.86. The molecular formula is C17H25Cl2NO2. The molecule has 0 aromatic heterocycles. The zero-order valence-electron chi connectivity index (χ0n) is 12.9. The molecule has 3 nitrogen and oxygen atoms in total. The Hall–Kier alpha value is -0.740. The van der Waals surface area contributed by atoms with E-state index in [-0.39, 0.29) is 12.4 Å². The van der Waals surface area contributed by atoms with Crippen molar-refractivity contribution in [3.8, 4) is 5.75 Å². The molecule has 124 valence electrons. The molecule has 2 rings (SSSR count). The quantitative estimate of drug-likeness (QED) is 0.525. The van der Waals surface area contributed by atoms with E-state index in [0.29, 0.717) is 11.6 Å². The molecule has 1 heterocycles. The molecule has 0 aliphatic carbocycles. The summed E-state index contributed by atoms with van der Waals surface area (Å²) < 4.78 is 11.2. The Kier molecular flexibility index (Phi) is 9.56. The maximum absolute atomic E-state index is 6.22. The molecule has 1 aromatic carbocycles. The van der Waals surface area contributed by atoms with Crippen LogP contribution in [0.4, 0.5) is 0 Å². The predicted molar refractivity (Wildman–Crippen MR) is 94.6 cm³/mol. The number of para-hydroxylation sites is 1. The van der Waals surface area contributed by atoms with Gasteiger partial charge in [-0.2, -0.15) is 0 Å². The average molecular weight is 346 g/mol. The third kappa shape index (κ3) is 6.17. The summed E-state index contributed by atoms with van der Waals surface area (Å²) in [5.41, 5.74) is 1.10. The number of nitrogens with zero attached hydrogens (tertiary/aromatic N) is 1. The number of morpholine rings is 1. The Bertz CT molecular complexity index is 448. The van der Waals surface area contributed by atoms with E-state index in [1.807, 2.05) is 24.3 Å². The van der Waals surface area contributed by atoms with Crippen LogP contribution in [0, 0.1) is 0 Å². The summed E-state index contributed by atoms with van der Waals surface area (Å²) in [5.74, 6) is 0.811. The first kappa shape index (κ1) is 19.3. The van der Waals surface area contributed by atoms with Gasteiger partial charge in [-0.25, -0.2) is 0 Å². The minimum Gasteiger partial charge on any atom is -0.492 e. The summed E-state index contributed by atoms with van der Waals surface area (Å²) in [6.45, 7) is 9.43. The van der Waals surface area contributed by atoms with Crippen LogP contribution in [0.1, 0.15) is 18.4 Å². The van der Waals surface area contributed by atoms with Gasteiger partial charge in [0.2, 0.25) is 0 Å². The summed E-state index contributed by atoms with van der Waals surface area (Å²) in [4.78, 5) is 2.45. The Balaban J connectivity index is 0.00000242. The maximum Gasteiger partial charge on any atom is 0.141 e. The monoisotopic (exact) mass is 345 g/mol. The Morgan fingerprint density at radius 3 is 2.77 bits per heavy atom. The highest BCUT2D eigenvalue weighted by molar-refractivity contribution is 6.32.